The number of halogens is 6. The fraction of sp³-hybridized carbons (Fsp3) is 0.565. The zero-order chi connectivity index (χ0) is 28.1. The Kier molecular flexibility index (Phi) is 6.74. The zero-order valence-electron chi connectivity index (χ0n) is 21.0. The lowest BCUT2D eigenvalue weighted by molar-refractivity contribution is -0.276. The second-order valence-electron chi connectivity index (χ2n) is 9.86. The van der Waals surface area contributed by atoms with Crippen LogP contribution in [0.3, 0.4) is 0 Å². The highest BCUT2D eigenvalue weighted by atomic mass is 19.4. The van der Waals surface area contributed by atoms with Crippen molar-refractivity contribution in [2.24, 2.45) is 11.8 Å². The summed E-state index contributed by atoms with van der Waals surface area (Å²) in [5.74, 6) is -0.494. The second-order valence-corrected chi connectivity index (χ2v) is 9.86. The molecule has 0 amide bonds. The SMILES string of the molecule is Cc1noc(N2C[C@H]3CC[C@@H](C2)[C@@H]3Nc2nc(Oc3ccc(OC(F)(F)F)c(C(F)(F)F)c3)n(C(C)C)n2)n1. The highest BCUT2D eigenvalue weighted by molar-refractivity contribution is 5.43. The van der Waals surface area contributed by atoms with Gasteiger partial charge in [0.25, 0.3) is 0 Å². The van der Waals surface area contributed by atoms with Gasteiger partial charge in [-0.3, -0.25) is 0 Å². The summed E-state index contributed by atoms with van der Waals surface area (Å²) in [6.45, 7) is 6.69. The molecule has 2 bridgehead atoms. The number of fused-ring (bicyclic) bond motifs is 2. The molecular formula is C23H25F6N7O3. The van der Waals surface area contributed by atoms with Crippen LogP contribution in [0, 0.1) is 18.8 Å². The Morgan fingerprint density at radius 2 is 1.74 bits per heavy atom. The molecule has 5 rings (SSSR count). The van der Waals surface area contributed by atoms with E-state index in [0.29, 0.717) is 37.1 Å². The normalized spacial score (nSPS) is 21.5. The van der Waals surface area contributed by atoms with Crippen LogP contribution in [0.2, 0.25) is 0 Å². The van der Waals surface area contributed by atoms with Crippen LogP contribution in [0.5, 0.6) is 17.5 Å². The minimum atomic E-state index is -5.29. The summed E-state index contributed by atoms with van der Waals surface area (Å²) in [6.07, 6.45) is -8.48. The van der Waals surface area contributed by atoms with Gasteiger partial charge >= 0.3 is 24.6 Å². The molecule has 10 nitrogen and oxygen atoms in total. The number of benzene rings is 1. The van der Waals surface area contributed by atoms with E-state index in [9.17, 15) is 26.3 Å². The Balaban J connectivity index is 1.34. The van der Waals surface area contributed by atoms with Gasteiger partial charge < -0.3 is 24.2 Å². The topological polar surface area (TPSA) is 103 Å². The predicted octanol–water partition coefficient (Wildman–Crippen LogP) is 5.59. The largest absolute Gasteiger partial charge is 0.573 e. The Labute approximate surface area is 218 Å². The Hall–Kier alpha value is -3.72. The summed E-state index contributed by atoms with van der Waals surface area (Å²) in [4.78, 5) is 10.7. The number of hydrogen-bond acceptors (Lipinski definition) is 9. The number of anilines is 2. The maximum Gasteiger partial charge on any atom is 0.573 e. The Bertz CT molecular complexity index is 1310. The van der Waals surface area contributed by atoms with E-state index in [2.05, 4.69) is 35.2 Å². The lowest BCUT2D eigenvalue weighted by Gasteiger charge is -2.37. The first-order chi connectivity index (χ1) is 18.3. The van der Waals surface area contributed by atoms with E-state index in [0.717, 1.165) is 18.9 Å². The number of nitrogens with zero attached hydrogens (tertiary/aromatic N) is 6. The third-order valence-corrected chi connectivity index (χ3v) is 6.70. The maximum atomic E-state index is 13.5. The van der Waals surface area contributed by atoms with Crippen molar-refractivity contribution in [3.63, 3.8) is 0 Å². The number of nitrogens with one attached hydrogen (secondary N) is 1. The molecule has 1 aromatic carbocycles. The molecule has 3 heterocycles. The van der Waals surface area contributed by atoms with Crippen LogP contribution >= 0.6 is 0 Å². The molecule has 0 unspecified atom stereocenters. The van der Waals surface area contributed by atoms with Crippen LogP contribution < -0.4 is 19.7 Å². The fourth-order valence-electron chi connectivity index (χ4n) is 5.07. The van der Waals surface area contributed by atoms with E-state index in [-0.39, 0.29) is 41.6 Å². The molecule has 2 fully saturated rings. The van der Waals surface area contributed by atoms with Crippen molar-refractivity contribution < 1.29 is 40.3 Å². The van der Waals surface area contributed by atoms with Gasteiger partial charge in [0.15, 0.2) is 5.82 Å². The summed E-state index contributed by atoms with van der Waals surface area (Å²) in [6, 6.07) is 2.05. The number of aromatic nitrogens is 5. The summed E-state index contributed by atoms with van der Waals surface area (Å²) in [7, 11) is 0. The quantitative estimate of drug-likeness (QED) is 0.370. The Morgan fingerprint density at radius 3 is 2.31 bits per heavy atom. The van der Waals surface area contributed by atoms with Gasteiger partial charge in [0.05, 0.1) is 6.04 Å². The Morgan fingerprint density at radius 1 is 1.05 bits per heavy atom. The van der Waals surface area contributed by atoms with Gasteiger partial charge in [-0.1, -0.05) is 5.16 Å². The molecule has 3 atom stereocenters. The first-order valence-electron chi connectivity index (χ1n) is 12.2. The number of hydrogen-bond donors (Lipinski definition) is 1. The molecule has 1 saturated heterocycles. The number of piperidine rings is 1. The van der Waals surface area contributed by atoms with Crippen LogP contribution in [0.15, 0.2) is 22.7 Å². The monoisotopic (exact) mass is 561 g/mol. The molecule has 0 spiro atoms. The van der Waals surface area contributed by atoms with E-state index in [1.807, 2.05) is 0 Å². The van der Waals surface area contributed by atoms with Crippen molar-refractivity contribution in [2.75, 3.05) is 23.3 Å². The van der Waals surface area contributed by atoms with Gasteiger partial charge in [-0.15, -0.1) is 18.3 Å². The van der Waals surface area contributed by atoms with Crippen LogP contribution in [-0.2, 0) is 6.18 Å². The zero-order valence-corrected chi connectivity index (χ0v) is 21.0. The van der Waals surface area contributed by atoms with Gasteiger partial charge in [0, 0.05) is 19.1 Å². The first kappa shape index (κ1) is 26.9. The predicted molar refractivity (Wildman–Crippen MR) is 123 cm³/mol. The minimum absolute atomic E-state index is 0.0387. The van der Waals surface area contributed by atoms with Crippen LogP contribution in [-0.4, -0.2) is 50.4 Å². The number of rotatable bonds is 7. The van der Waals surface area contributed by atoms with E-state index in [1.54, 1.807) is 20.8 Å². The number of ether oxygens (including phenoxy) is 2. The molecule has 39 heavy (non-hydrogen) atoms. The van der Waals surface area contributed by atoms with E-state index < -0.39 is 23.9 Å². The molecule has 2 aromatic heterocycles. The van der Waals surface area contributed by atoms with Crippen molar-refractivity contribution in [1.82, 2.24) is 24.9 Å². The summed E-state index contributed by atoms with van der Waals surface area (Å²) in [5.41, 5.74) is -1.63. The molecule has 1 N–H and O–H groups in total. The van der Waals surface area contributed by atoms with Gasteiger partial charge in [0.2, 0.25) is 5.95 Å². The summed E-state index contributed by atoms with van der Waals surface area (Å²) < 4.78 is 94.0. The summed E-state index contributed by atoms with van der Waals surface area (Å²) in [5, 5.41) is 11.6. The van der Waals surface area contributed by atoms with Crippen molar-refractivity contribution in [1.29, 1.82) is 0 Å². The molecule has 1 aliphatic carbocycles. The van der Waals surface area contributed by atoms with Gasteiger partial charge in [-0.2, -0.15) is 23.1 Å². The number of aryl methyl sites for hydroxylation is 1. The van der Waals surface area contributed by atoms with Gasteiger partial charge in [-0.05, 0) is 63.6 Å². The van der Waals surface area contributed by atoms with Crippen LogP contribution in [0.1, 0.15) is 44.1 Å². The van der Waals surface area contributed by atoms with Gasteiger partial charge in [0.1, 0.15) is 17.1 Å². The van der Waals surface area contributed by atoms with Crippen molar-refractivity contribution >= 4 is 12.0 Å². The van der Waals surface area contributed by atoms with E-state index in [4.69, 9.17) is 9.26 Å². The van der Waals surface area contributed by atoms with Gasteiger partial charge in [-0.25, -0.2) is 4.68 Å². The molecule has 1 saturated carbocycles. The maximum absolute atomic E-state index is 13.5. The third kappa shape index (κ3) is 5.83. The average molecular weight is 561 g/mol. The van der Waals surface area contributed by atoms with Crippen LogP contribution in [0.4, 0.5) is 38.3 Å². The lowest BCUT2D eigenvalue weighted by atomic mass is 9.92. The molecular weight excluding hydrogens is 536 g/mol. The molecule has 212 valence electrons. The molecule has 2 aliphatic rings. The lowest BCUT2D eigenvalue weighted by Crippen LogP contribution is -2.48. The van der Waals surface area contributed by atoms with Crippen molar-refractivity contribution in [3.8, 4) is 17.5 Å². The van der Waals surface area contributed by atoms with E-state index >= 15 is 0 Å². The molecule has 0 radical (unpaired) electrons. The van der Waals surface area contributed by atoms with Crippen molar-refractivity contribution in [3.05, 3.63) is 29.6 Å². The van der Waals surface area contributed by atoms with Crippen LogP contribution in [0.25, 0.3) is 0 Å². The number of alkyl halides is 6. The second kappa shape index (κ2) is 9.79. The summed E-state index contributed by atoms with van der Waals surface area (Å²) >= 11 is 0. The standard InChI is InChI=1S/C23H25F6N7O3/c1-11(2)36-21(37-15-6-7-17(38-23(27,28)29)16(8-15)22(24,25)26)32-19(33-36)31-18-13-4-5-14(18)10-35(9-13)20-30-12(3)34-39-20/h6-8,11,13-14,18H,4-5,9-10H2,1-3H3,(H,31,33)/t13-,14+,18-. The highest BCUT2D eigenvalue weighted by Gasteiger charge is 2.44. The smallest absolute Gasteiger partial charge is 0.424 e. The van der Waals surface area contributed by atoms with Crippen molar-refractivity contribution in [2.45, 2.75) is 58.2 Å². The molecule has 1 aliphatic heterocycles. The molecule has 3 aromatic rings. The van der Waals surface area contributed by atoms with E-state index in [1.165, 1.54) is 4.68 Å². The fourth-order valence-corrected chi connectivity index (χ4v) is 5.07. The molecule has 16 heteroatoms. The first-order valence-corrected chi connectivity index (χ1v) is 12.2. The average Bonchev–Trinajstić information content (AvgIpc) is 3.49. The highest BCUT2D eigenvalue weighted by Crippen LogP contribution is 2.42. The third-order valence-electron chi connectivity index (χ3n) is 6.70. The minimum Gasteiger partial charge on any atom is -0.424 e.